The molecular formula is C21H17F6N3O2. The summed E-state index contributed by atoms with van der Waals surface area (Å²) < 4.78 is 72.1. The standard InChI is InChI=1S/C19H16F3N3.C2HF3O2/c20-12-3-1-11(2-4-12)18-8-19(25-24-18)16-10-23-9-15(16)14-6-5-13(21)7-17(14)22;3-2(4,5)1(6)7/h1-8,15-16,23H,9-10H2,(H,24,25);(H,6,7)/t15-,16+;/m0./s1. The molecule has 1 aliphatic rings. The van der Waals surface area contributed by atoms with Gasteiger partial charge in [-0.05, 0) is 47.5 Å². The van der Waals surface area contributed by atoms with Gasteiger partial charge in [0, 0.05) is 31.0 Å². The van der Waals surface area contributed by atoms with Crippen molar-refractivity contribution in [2.24, 2.45) is 0 Å². The summed E-state index contributed by atoms with van der Waals surface area (Å²) in [6.07, 6.45) is -5.08. The minimum absolute atomic E-state index is 0.0228. The van der Waals surface area contributed by atoms with Crippen LogP contribution in [0.4, 0.5) is 26.3 Å². The number of hydrogen-bond acceptors (Lipinski definition) is 3. The van der Waals surface area contributed by atoms with E-state index >= 15 is 0 Å². The lowest BCUT2D eigenvalue weighted by Crippen LogP contribution is -2.21. The number of aromatic nitrogens is 2. The Kier molecular flexibility index (Phi) is 6.87. The van der Waals surface area contributed by atoms with Crippen molar-refractivity contribution in [3.8, 4) is 11.3 Å². The van der Waals surface area contributed by atoms with E-state index in [4.69, 9.17) is 9.90 Å². The number of carboxylic acid groups (broad SMARTS) is 1. The molecular weight excluding hydrogens is 440 g/mol. The lowest BCUT2D eigenvalue weighted by molar-refractivity contribution is -0.192. The second-order valence-corrected chi connectivity index (χ2v) is 7.05. The zero-order valence-electron chi connectivity index (χ0n) is 16.3. The van der Waals surface area contributed by atoms with Crippen LogP contribution in [0.1, 0.15) is 23.1 Å². The largest absolute Gasteiger partial charge is 0.490 e. The molecule has 1 fully saturated rings. The number of hydrogen-bond donors (Lipinski definition) is 3. The second kappa shape index (κ2) is 9.43. The molecule has 1 aromatic heterocycles. The number of halogens is 6. The van der Waals surface area contributed by atoms with E-state index in [2.05, 4.69) is 15.5 Å². The van der Waals surface area contributed by atoms with Gasteiger partial charge < -0.3 is 10.4 Å². The lowest BCUT2D eigenvalue weighted by atomic mass is 9.86. The monoisotopic (exact) mass is 457 g/mol. The van der Waals surface area contributed by atoms with E-state index in [1.54, 1.807) is 12.1 Å². The predicted molar refractivity (Wildman–Crippen MR) is 102 cm³/mol. The average molecular weight is 457 g/mol. The van der Waals surface area contributed by atoms with E-state index in [1.165, 1.54) is 24.3 Å². The SMILES string of the molecule is Fc1ccc(-c2cc([C@@H]3CNC[C@H]3c3ccc(F)cc3F)n[nH]2)cc1.O=C(O)C(F)(F)F. The number of nitrogens with one attached hydrogen (secondary N) is 2. The Morgan fingerprint density at radius 3 is 2.12 bits per heavy atom. The second-order valence-electron chi connectivity index (χ2n) is 7.05. The summed E-state index contributed by atoms with van der Waals surface area (Å²) in [7, 11) is 0. The van der Waals surface area contributed by atoms with Crippen molar-refractivity contribution in [2.75, 3.05) is 13.1 Å². The molecule has 3 aromatic rings. The summed E-state index contributed by atoms with van der Waals surface area (Å²) in [6, 6.07) is 11.7. The third-order valence-electron chi connectivity index (χ3n) is 4.95. The van der Waals surface area contributed by atoms with Gasteiger partial charge in [0.25, 0.3) is 0 Å². The molecule has 0 saturated carbocycles. The van der Waals surface area contributed by atoms with Gasteiger partial charge in [0.1, 0.15) is 17.5 Å². The number of H-pyrrole nitrogens is 1. The van der Waals surface area contributed by atoms with Gasteiger partial charge in [-0.15, -0.1) is 0 Å². The van der Waals surface area contributed by atoms with Crippen LogP contribution in [0.5, 0.6) is 0 Å². The molecule has 4 rings (SSSR count). The van der Waals surface area contributed by atoms with Crippen molar-refractivity contribution in [1.82, 2.24) is 15.5 Å². The highest BCUT2D eigenvalue weighted by molar-refractivity contribution is 5.73. The van der Waals surface area contributed by atoms with E-state index in [-0.39, 0.29) is 17.7 Å². The van der Waals surface area contributed by atoms with E-state index in [9.17, 15) is 26.3 Å². The van der Waals surface area contributed by atoms with Gasteiger partial charge in [-0.3, -0.25) is 5.10 Å². The maximum absolute atomic E-state index is 14.2. The summed E-state index contributed by atoms with van der Waals surface area (Å²) >= 11 is 0. The van der Waals surface area contributed by atoms with Crippen LogP contribution < -0.4 is 5.32 Å². The number of aromatic amines is 1. The molecule has 0 spiro atoms. The Hall–Kier alpha value is -3.34. The maximum atomic E-state index is 14.2. The Labute approximate surface area is 178 Å². The summed E-state index contributed by atoms with van der Waals surface area (Å²) in [5.74, 6) is -4.31. The molecule has 1 saturated heterocycles. The summed E-state index contributed by atoms with van der Waals surface area (Å²) in [6.45, 7) is 1.27. The van der Waals surface area contributed by atoms with E-state index < -0.39 is 23.8 Å². The molecule has 2 heterocycles. The van der Waals surface area contributed by atoms with Crippen LogP contribution in [0, 0.1) is 17.5 Å². The van der Waals surface area contributed by atoms with Gasteiger partial charge in [-0.2, -0.15) is 18.3 Å². The highest BCUT2D eigenvalue weighted by atomic mass is 19.4. The minimum Gasteiger partial charge on any atom is -0.475 e. The quantitative estimate of drug-likeness (QED) is 0.503. The van der Waals surface area contributed by atoms with Crippen LogP contribution in [0.2, 0.25) is 0 Å². The Balaban J connectivity index is 0.000000360. The van der Waals surface area contributed by atoms with Gasteiger partial charge in [0.15, 0.2) is 0 Å². The van der Waals surface area contributed by atoms with E-state index in [0.29, 0.717) is 18.7 Å². The first-order chi connectivity index (χ1) is 15.1. The molecule has 170 valence electrons. The molecule has 0 aliphatic carbocycles. The molecule has 32 heavy (non-hydrogen) atoms. The van der Waals surface area contributed by atoms with Crippen LogP contribution in [0.15, 0.2) is 48.5 Å². The fourth-order valence-corrected chi connectivity index (χ4v) is 3.42. The smallest absolute Gasteiger partial charge is 0.475 e. The Bertz CT molecular complexity index is 1080. The third kappa shape index (κ3) is 5.47. The fraction of sp³-hybridized carbons (Fsp3) is 0.238. The van der Waals surface area contributed by atoms with Crippen molar-refractivity contribution in [2.45, 2.75) is 18.0 Å². The first-order valence-electron chi connectivity index (χ1n) is 9.33. The molecule has 3 N–H and O–H groups in total. The molecule has 0 bridgehead atoms. The zero-order valence-corrected chi connectivity index (χ0v) is 16.3. The Morgan fingerprint density at radius 2 is 1.53 bits per heavy atom. The maximum Gasteiger partial charge on any atom is 0.490 e. The van der Waals surface area contributed by atoms with Crippen LogP contribution in [-0.2, 0) is 4.79 Å². The van der Waals surface area contributed by atoms with Gasteiger partial charge in [0.05, 0.1) is 11.4 Å². The number of alkyl halides is 3. The number of carboxylic acids is 1. The number of benzene rings is 2. The lowest BCUT2D eigenvalue weighted by Gasteiger charge is -2.17. The number of nitrogens with zero attached hydrogens (tertiary/aromatic N) is 1. The summed E-state index contributed by atoms with van der Waals surface area (Å²) in [5.41, 5.74) is 2.90. The van der Waals surface area contributed by atoms with Crippen molar-refractivity contribution in [1.29, 1.82) is 0 Å². The number of rotatable bonds is 3. The summed E-state index contributed by atoms with van der Waals surface area (Å²) in [4.78, 5) is 8.90. The minimum atomic E-state index is -5.08. The van der Waals surface area contributed by atoms with Gasteiger partial charge >= 0.3 is 12.1 Å². The molecule has 5 nitrogen and oxygen atoms in total. The first-order valence-corrected chi connectivity index (χ1v) is 9.33. The van der Waals surface area contributed by atoms with E-state index in [0.717, 1.165) is 23.0 Å². The van der Waals surface area contributed by atoms with Crippen LogP contribution in [0.3, 0.4) is 0 Å². The Morgan fingerprint density at radius 1 is 0.938 bits per heavy atom. The highest BCUT2D eigenvalue weighted by Gasteiger charge is 2.38. The normalized spacial score (nSPS) is 18.2. The molecule has 2 aromatic carbocycles. The van der Waals surface area contributed by atoms with Crippen molar-refractivity contribution in [3.05, 3.63) is 77.2 Å². The molecule has 0 amide bonds. The molecule has 0 unspecified atom stereocenters. The van der Waals surface area contributed by atoms with Gasteiger partial charge in [-0.25, -0.2) is 18.0 Å². The number of carbonyl (C=O) groups is 1. The van der Waals surface area contributed by atoms with Crippen molar-refractivity contribution >= 4 is 5.97 Å². The van der Waals surface area contributed by atoms with Gasteiger partial charge in [0.2, 0.25) is 0 Å². The highest BCUT2D eigenvalue weighted by Crippen LogP contribution is 2.37. The summed E-state index contributed by atoms with van der Waals surface area (Å²) in [5, 5.41) is 17.7. The number of aliphatic carboxylic acids is 1. The molecule has 2 atom stereocenters. The molecule has 0 radical (unpaired) electrons. The topological polar surface area (TPSA) is 78.0 Å². The van der Waals surface area contributed by atoms with E-state index in [1.807, 2.05) is 6.07 Å². The van der Waals surface area contributed by atoms with Gasteiger partial charge in [-0.1, -0.05) is 6.07 Å². The van der Waals surface area contributed by atoms with Crippen LogP contribution in [0.25, 0.3) is 11.3 Å². The average Bonchev–Trinajstić information content (AvgIpc) is 3.37. The first kappa shape index (κ1) is 23.3. The van der Waals surface area contributed by atoms with Crippen LogP contribution >= 0.6 is 0 Å². The van der Waals surface area contributed by atoms with Crippen molar-refractivity contribution in [3.63, 3.8) is 0 Å². The third-order valence-corrected chi connectivity index (χ3v) is 4.95. The molecule has 1 aliphatic heterocycles. The predicted octanol–water partition coefficient (Wildman–Crippen LogP) is 4.60. The fourth-order valence-electron chi connectivity index (χ4n) is 3.42. The molecule has 11 heteroatoms. The van der Waals surface area contributed by atoms with Crippen LogP contribution in [-0.4, -0.2) is 40.5 Å². The van der Waals surface area contributed by atoms with Crippen molar-refractivity contribution < 1.29 is 36.2 Å². The zero-order chi connectivity index (χ0) is 23.5.